The molecular weight excluding hydrogens is 390 g/mol. The van der Waals surface area contributed by atoms with Crippen molar-refractivity contribution in [3.05, 3.63) is 77.3 Å². The molecular formula is C23H22ClNO4. The number of ether oxygens (including phenoxy) is 3. The number of nitrogens with zero attached hydrogens (tertiary/aromatic N) is 1. The van der Waals surface area contributed by atoms with Crippen LogP contribution in [0.3, 0.4) is 0 Å². The van der Waals surface area contributed by atoms with Crippen molar-refractivity contribution in [2.45, 2.75) is 13.5 Å². The summed E-state index contributed by atoms with van der Waals surface area (Å²) in [5.41, 5.74) is 1.40. The molecule has 0 atom stereocenters. The van der Waals surface area contributed by atoms with Gasteiger partial charge in [0.05, 0.1) is 31.5 Å². The molecule has 3 rings (SSSR count). The fourth-order valence-corrected chi connectivity index (χ4v) is 3.23. The molecule has 0 aromatic heterocycles. The van der Waals surface area contributed by atoms with Crippen LogP contribution in [0.1, 0.15) is 12.5 Å². The molecule has 0 saturated carbocycles. The van der Waals surface area contributed by atoms with Crippen LogP contribution >= 0.6 is 11.6 Å². The number of para-hydroxylation sites is 3. The highest BCUT2D eigenvalue weighted by molar-refractivity contribution is 6.32. The quantitative estimate of drug-likeness (QED) is 0.500. The number of benzene rings is 3. The van der Waals surface area contributed by atoms with Gasteiger partial charge in [0.25, 0.3) is 0 Å². The second-order valence-corrected chi connectivity index (χ2v) is 6.69. The number of halogens is 1. The molecule has 150 valence electrons. The summed E-state index contributed by atoms with van der Waals surface area (Å²) in [5.74, 6) is 2.22. The van der Waals surface area contributed by atoms with E-state index in [1.54, 1.807) is 31.3 Å². The van der Waals surface area contributed by atoms with Crippen LogP contribution in [-0.4, -0.2) is 20.1 Å². The van der Waals surface area contributed by atoms with Gasteiger partial charge in [-0.25, -0.2) is 0 Å². The van der Waals surface area contributed by atoms with E-state index in [-0.39, 0.29) is 12.5 Å². The Kier molecular flexibility index (Phi) is 6.62. The van der Waals surface area contributed by atoms with Gasteiger partial charge in [0, 0.05) is 18.6 Å². The van der Waals surface area contributed by atoms with Crippen LogP contribution in [0.5, 0.6) is 23.0 Å². The summed E-state index contributed by atoms with van der Waals surface area (Å²) in [6.45, 7) is 1.77. The zero-order valence-electron chi connectivity index (χ0n) is 16.5. The van der Waals surface area contributed by atoms with Crippen molar-refractivity contribution in [1.82, 2.24) is 0 Å². The highest BCUT2D eigenvalue weighted by Crippen LogP contribution is 2.37. The first-order valence-electron chi connectivity index (χ1n) is 9.04. The Morgan fingerprint density at radius 1 is 0.897 bits per heavy atom. The molecule has 0 radical (unpaired) electrons. The first-order valence-corrected chi connectivity index (χ1v) is 9.41. The summed E-state index contributed by atoms with van der Waals surface area (Å²) in [6.07, 6.45) is 0. The third kappa shape index (κ3) is 4.81. The van der Waals surface area contributed by atoms with Crippen LogP contribution in [0.15, 0.2) is 66.7 Å². The second-order valence-electron chi connectivity index (χ2n) is 6.29. The van der Waals surface area contributed by atoms with Crippen molar-refractivity contribution >= 4 is 23.2 Å². The Morgan fingerprint density at radius 3 is 2.21 bits per heavy atom. The van der Waals surface area contributed by atoms with Crippen LogP contribution in [0.4, 0.5) is 5.69 Å². The Morgan fingerprint density at radius 2 is 1.55 bits per heavy atom. The zero-order valence-corrected chi connectivity index (χ0v) is 17.3. The molecule has 0 heterocycles. The molecule has 0 fully saturated rings. The van der Waals surface area contributed by atoms with Gasteiger partial charge >= 0.3 is 0 Å². The van der Waals surface area contributed by atoms with Crippen molar-refractivity contribution in [2.75, 3.05) is 19.1 Å². The number of rotatable bonds is 7. The van der Waals surface area contributed by atoms with E-state index in [4.69, 9.17) is 25.8 Å². The summed E-state index contributed by atoms with van der Waals surface area (Å²) < 4.78 is 16.8. The molecule has 1 amide bonds. The van der Waals surface area contributed by atoms with Crippen molar-refractivity contribution in [1.29, 1.82) is 0 Å². The lowest BCUT2D eigenvalue weighted by Gasteiger charge is -2.25. The summed E-state index contributed by atoms with van der Waals surface area (Å²) in [6, 6.07) is 20.3. The van der Waals surface area contributed by atoms with Gasteiger partial charge in [0.2, 0.25) is 5.91 Å². The molecule has 0 N–H and O–H groups in total. The summed E-state index contributed by atoms with van der Waals surface area (Å²) in [5, 5.41) is 0.445. The van der Waals surface area contributed by atoms with Crippen LogP contribution in [-0.2, 0) is 11.3 Å². The van der Waals surface area contributed by atoms with E-state index in [2.05, 4.69) is 0 Å². The van der Waals surface area contributed by atoms with Gasteiger partial charge in [-0.2, -0.15) is 0 Å². The number of methoxy groups -OCH3 is 2. The lowest BCUT2D eigenvalue weighted by atomic mass is 10.1. The van der Waals surface area contributed by atoms with E-state index in [1.807, 2.05) is 54.6 Å². The number of carbonyl (C=O) groups is 1. The smallest absolute Gasteiger partial charge is 0.224 e. The number of carbonyl (C=O) groups excluding carboxylic acids is 1. The molecule has 6 heteroatoms. The SMILES string of the molecule is COc1cc(OC)c(CN(C(C)=O)c2ccccc2Oc2ccccc2)cc1Cl. The molecule has 0 aliphatic heterocycles. The number of anilines is 1. The van der Waals surface area contributed by atoms with E-state index in [0.717, 1.165) is 5.56 Å². The molecule has 0 bridgehead atoms. The first kappa shape index (κ1) is 20.6. The Balaban J connectivity index is 1.98. The third-order valence-electron chi connectivity index (χ3n) is 4.39. The van der Waals surface area contributed by atoms with Crippen molar-refractivity contribution < 1.29 is 19.0 Å². The van der Waals surface area contributed by atoms with Gasteiger partial charge in [-0.15, -0.1) is 0 Å². The largest absolute Gasteiger partial charge is 0.496 e. The molecule has 0 saturated heterocycles. The molecule has 29 heavy (non-hydrogen) atoms. The Labute approximate surface area is 175 Å². The molecule has 0 aliphatic rings. The van der Waals surface area contributed by atoms with Gasteiger partial charge in [-0.3, -0.25) is 4.79 Å². The van der Waals surface area contributed by atoms with Crippen LogP contribution in [0.25, 0.3) is 0 Å². The lowest BCUT2D eigenvalue weighted by Crippen LogP contribution is -2.28. The fraction of sp³-hybridized carbons (Fsp3) is 0.174. The monoisotopic (exact) mass is 411 g/mol. The molecule has 0 aliphatic carbocycles. The third-order valence-corrected chi connectivity index (χ3v) is 4.69. The molecule has 0 unspecified atom stereocenters. The van der Waals surface area contributed by atoms with Crippen molar-refractivity contribution in [3.8, 4) is 23.0 Å². The van der Waals surface area contributed by atoms with E-state index < -0.39 is 0 Å². The number of hydrogen-bond acceptors (Lipinski definition) is 4. The lowest BCUT2D eigenvalue weighted by molar-refractivity contribution is -0.116. The number of hydrogen-bond donors (Lipinski definition) is 0. The predicted octanol–water partition coefficient (Wildman–Crippen LogP) is 5.70. The van der Waals surface area contributed by atoms with Gasteiger partial charge in [-0.05, 0) is 30.3 Å². The summed E-state index contributed by atoms with van der Waals surface area (Å²) >= 11 is 6.30. The Bertz CT molecular complexity index is 991. The molecule has 0 spiro atoms. The average Bonchev–Trinajstić information content (AvgIpc) is 2.73. The van der Waals surface area contributed by atoms with Crippen LogP contribution in [0, 0.1) is 0 Å². The van der Waals surface area contributed by atoms with Crippen molar-refractivity contribution in [3.63, 3.8) is 0 Å². The standard InChI is InChI=1S/C23H22ClNO4/c1-16(26)25(15-17-13-19(24)23(28-3)14-22(17)27-2)20-11-7-8-12-21(20)29-18-9-5-4-6-10-18/h4-14H,15H2,1-3H3. The molecule has 3 aromatic carbocycles. The fourth-order valence-electron chi connectivity index (χ4n) is 2.96. The minimum Gasteiger partial charge on any atom is -0.496 e. The highest BCUT2D eigenvalue weighted by Gasteiger charge is 2.20. The predicted molar refractivity (Wildman–Crippen MR) is 114 cm³/mol. The van der Waals surface area contributed by atoms with Crippen LogP contribution in [0.2, 0.25) is 5.02 Å². The van der Waals surface area contributed by atoms with Crippen LogP contribution < -0.4 is 19.1 Å². The van der Waals surface area contributed by atoms with E-state index >= 15 is 0 Å². The summed E-state index contributed by atoms with van der Waals surface area (Å²) in [7, 11) is 3.11. The Hall–Kier alpha value is -3.18. The maximum atomic E-state index is 12.5. The average molecular weight is 412 g/mol. The maximum Gasteiger partial charge on any atom is 0.224 e. The topological polar surface area (TPSA) is 48.0 Å². The number of amides is 1. The minimum atomic E-state index is -0.136. The zero-order chi connectivity index (χ0) is 20.8. The minimum absolute atomic E-state index is 0.136. The molecule has 5 nitrogen and oxygen atoms in total. The van der Waals surface area contributed by atoms with Crippen molar-refractivity contribution in [2.24, 2.45) is 0 Å². The van der Waals surface area contributed by atoms with Gasteiger partial charge < -0.3 is 19.1 Å². The first-order chi connectivity index (χ1) is 14.0. The van der Waals surface area contributed by atoms with Gasteiger partial charge in [-0.1, -0.05) is 41.9 Å². The molecule has 3 aromatic rings. The maximum absolute atomic E-state index is 12.5. The van der Waals surface area contributed by atoms with E-state index in [9.17, 15) is 4.79 Å². The van der Waals surface area contributed by atoms with Gasteiger partial charge in [0.1, 0.15) is 17.2 Å². The van der Waals surface area contributed by atoms with Gasteiger partial charge in [0.15, 0.2) is 5.75 Å². The van der Waals surface area contributed by atoms with E-state index in [1.165, 1.54) is 6.92 Å². The summed E-state index contributed by atoms with van der Waals surface area (Å²) in [4.78, 5) is 14.2. The second kappa shape index (κ2) is 9.34. The normalized spacial score (nSPS) is 10.3. The highest BCUT2D eigenvalue weighted by atomic mass is 35.5. The van der Waals surface area contributed by atoms with E-state index in [0.29, 0.717) is 33.7 Å².